The molecule has 0 saturated heterocycles. The van der Waals surface area contributed by atoms with Crippen molar-refractivity contribution in [3.05, 3.63) is 35.9 Å². The molecule has 1 fully saturated rings. The SMILES string of the molecule is COc1ccc(C2=CCC(=O)N(CCC(=O)NC3CC3)N2)cc1. The topological polar surface area (TPSA) is 70.7 Å². The Morgan fingerprint density at radius 1 is 1.35 bits per heavy atom. The number of hydrogen-bond donors (Lipinski definition) is 2. The summed E-state index contributed by atoms with van der Waals surface area (Å²) in [5.41, 5.74) is 4.95. The predicted octanol–water partition coefficient (Wildman–Crippen LogP) is 1.44. The molecule has 1 aliphatic carbocycles. The zero-order valence-electron chi connectivity index (χ0n) is 13.2. The van der Waals surface area contributed by atoms with Gasteiger partial charge >= 0.3 is 0 Å². The summed E-state index contributed by atoms with van der Waals surface area (Å²) in [6, 6.07) is 7.97. The summed E-state index contributed by atoms with van der Waals surface area (Å²) in [5, 5.41) is 4.45. The van der Waals surface area contributed by atoms with Crippen LogP contribution in [0.25, 0.3) is 5.70 Å². The normalized spacial score (nSPS) is 17.3. The molecule has 1 saturated carbocycles. The first kappa shape index (κ1) is 15.4. The Bertz CT molecular complexity index is 620. The van der Waals surface area contributed by atoms with Gasteiger partial charge < -0.3 is 10.1 Å². The number of nitrogens with one attached hydrogen (secondary N) is 2. The molecular formula is C17H21N3O3. The quantitative estimate of drug-likeness (QED) is 0.833. The van der Waals surface area contributed by atoms with Gasteiger partial charge in [0.15, 0.2) is 0 Å². The highest BCUT2D eigenvalue weighted by molar-refractivity contribution is 5.84. The predicted molar refractivity (Wildman–Crippen MR) is 86.2 cm³/mol. The Labute approximate surface area is 135 Å². The molecular weight excluding hydrogens is 294 g/mol. The van der Waals surface area contributed by atoms with Crippen LogP contribution in [-0.4, -0.2) is 36.5 Å². The second kappa shape index (κ2) is 6.73. The molecule has 0 radical (unpaired) electrons. The van der Waals surface area contributed by atoms with Crippen LogP contribution < -0.4 is 15.5 Å². The molecule has 2 N–H and O–H groups in total. The minimum absolute atomic E-state index is 0.00245. The van der Waals surface area contributed by atoms with Crippen molar-refractivity contribution in [2.75, 3.05) is 13.7 Å². The van der Waals surface area contributed by atoms with E-state index in [4.69, 9.17) is 4.74 Å². The lowest BCUT2D eigenvalue weighted by atomic mass is 10.1. The number of methoxy groups -OCH3 is 1. The second-order valence-corrected chi connectivity index (χ2v) is 5.80. The highest BCUT2D eigenvalue weighted by Crippen LogP contribution is 2.21. The monoisotopic (exact) mass is 315 g/mol. The average Bonchev–Trinajstić information content (AvgIpc) is 3.38. The van der Waals surface area contributed by atoms with E-state index in [0.717, 1.165) is 29.9 Å². The molecule has 1 heterocycles. The van der Waals surface area contributed by atoms with Crippen LogP contribution in [0.5, 0.6) is 5.75 Å². The lowest BCUT2D eigenvalue weighted by Gasteiger charge is -2.29. The molecule has 0 unspecified atom stereocenters. The van der Waals surface area contributed by atoms with Gasteiger partial charge in [-0.15, -0.1) is 0 Å². The Balaban J connectivity index is 1.58. The highest BCUT2D eigenvalue weighted by atomic mass is 16.5. The zero-order chi connectivity index (χ0) is 16.2. The Morgan fingerprint density at radius 2 is 2.09 bits per heavy atom. The first-order valence-corrected chi connectivity index (χ1v) is 7.86. The van der Waals surface area contributed by atoms with Crippen molar-refractivity contribution >= 4 is 17.5 Å². The Hall–Kier alpha value is -2.50. The molecule has 122 valence electrons. The number of hydrogen-bond acceptors (Lipinski definition) is 4. The molecule has 2 aliphatic rings. The smallest absolute Gasteiger partial charge is 0.244 e. The van der Waals surface area contributed by atoms with Crippen molar-refractivity contribution in [2.24, 2.45) is 0 Å². The van der Waals surface area contributed by atoms with Gasteiger partial charge in [-0.05, 0) is 48.7 Å². The van der Waals surface area contributed by atoms with E-state index >= 15 is 0 Å². The summed E-state index contributed by atoms with van der Waals surface area (Å²) in [6.45, 7) is 0.366. The summed E-state index contributed by atoms with van der Waals surface area (Å²) < 4.78 is 5.15. The van der Waals surface area contributed by atoms with Crippen molar-refractivity contribution in [3.8, 4) is 5.75 Å². The van der Waals surface area contributed by atoms with Gasteiger partial charge in [0.05, 0.1) is 19.4 Å². The fraction of sp³-hybridized carbons (Fsp3) is 0.412. The third-order valence-corrected chi connectivity index (χ3v) is 3.94. The third kappa shape index (κ3) is 4.03. The number of carbonyl (C=O) groups is 2. The Morgan fingerprint density at radius 3 is 2.74 bits per heavy atom. The van der Waals surface area contributed by atoms with Crippen molar-refractivity contribution in [1.82, 2.24) is 15.8 Å². The van der Waals surface area contributed by atoms with E-state index in [1.165, 1.54) is 5.01 Å². The van der Waals surface area contributed by atoms with E-state index in [1.807, 2.05) is 30.3 Å². The van der Waals surface area contributed by atoms with Crippen molar-refractivity contribution in [2.45, 2.75) is 31.7 Å². The van der Waals surface area contributed by atoms with Crippen LogP contribution in [0.2, 0.25) is 0 Å². The van der Waals surface area contributed by atoms with Gasteiger partial charge in [-0.3, -0.25) is 20.0 Å². The van der Waals surface area contributed by atoms with Crippen molar-refractivity contribution < 1.29 is 14.3 Å². The zero-order valence-corrected chi connectivity index (χ0v) is 13.2. The Kier molecular flexibility index (Phi) is 4.50. The molecule has 3 rings (SSSR count). The lowest BCUT2D eigenvalue weighted by molar-refractivity contribution is -0.133. The molecule has 1 aromatic carbocycles. The molecule has 2 amide bonds. The maximum Gasteiger partial charge on any atom is 0.244 e. The van der Waals surface area contributed by atoms with Gasteiger partial charge in [-0.1, -0.05) is 0 Å². The van der Waals surface area contributed by atoms with Gasteiger partial charge in [0.2, 0.25) is 11.8 Å². The van der Waals surface area contributed by atoms with Crippen LogP contribution in [0.3, 0.4) is 0 Å². The van der Waals surface area contributed by atoms with Crippen LogP contribution >= 0.6 is 0 Å². The summed E-state index contributed by atoms with van der Waals surface area (Å²) in [6.07, 6.45) is 4.64. The van der Waals surface area contributed by atoms with E-state index < -0.39 is 0 Å². The van der Waals surface area contributed by atoms with Crippen LogP contribution in [0.1, 0.15) is 31.2 Å². The summed E-state index contributed by atoms with van der Waals surface area (Å²) >= 11 is 0. The first-order chi connectivity index (χ1) is 11.2. The van der Waals surface area contributed by atoms with Gasteiger partial charge in [0.1, 0.15) is 5.75 Å². The summed E-state index contributed by atoms with van der Waals surface area (Å²) in [7, 11) is 1.63. The molecule has 1 aliphatic heterocycles. The number of amides is 2. The fourth-order valence-electron chi connectivity index (χ4n) is 2.43. The van der Waals surface area contributed by atoms with Gasteiger partial charge in [0, 0.05) is 18.9 Å². The molecule has 1 aromatic rings. The van der Waals surface area contributed by atoms with E-state index in [0.29, 0.717) is 25.4 Å². The number of nitrogens with zero attached hydrogens (tertiary/aromatic N) is 1. The van der Waals surface area contributed by atoms with Gasteiger partial charge in [0.25, 0.3) is 0 Å². The van der Waals surface area contributed by atoms with Crippen LogP contribution in [-0.2, 0) is 9.59 Å². The fourth-order valence-corrected chi connectivity index (χ4v) is 2.43. The van der Waals surface area contributed by atoms with Crippen LogP contribution in [0, 0.1) is 0 Å². The number of benzene rings is 1. The van der Waals surface area contributed by atoms with E-state index in [2.05, 4.69) is 10.7 Å². The lowest BCUT2D eigenvalue weighted by Crippen LogP contribution is -2.46. The summed E-state index contributed by atoms with van der Waals surface area (Å²) in [4.78, 5) is 23.7. The molecule has 0 bridgehead atoms. The minimum Gasteiger partial charge on any atom is -0.497 e. The number of hydrazine groups is 1. The molecule has 23 heavy (non-hydrogen) atoms. The average molecular weight is 315 g/mol. The highest BCUT2D eigenvalue weighted by Gasteiger charge is 2.24. The van der Waals surface area contributed by atoms with Gasteiger partial charge in [-0.25, -0.2) is 0 Å². The number of ether oxygens (including phenoxy) is 1. The molecule has 0 atom stereocenters. The second-order valence-electron chi connectivity index (χ2n) is 5.80. The van der Waals surface area contributed by atoms with Crippen LogP contribution in [0.4, 0.5) is 0 Å². The van der Waals surface area contributed by atoms with E-state index in [-0.39, 0.29) is 11.8 Å². The standard InChI is InChI=1S/C17H21N3O3/c1-23-14-6-2-12(3-7-14)15-8-9-17(22)20(19-15)11-10-16(21)18-13-4-5-13/h2-3,6-8,13,19H,4-5,9-11H2,1H3,(H,18,21). The maximum atomic E-state index is 12.0. The molecule has 0 aromatic heterocycles. The number of carbonyl (C=O) groups excluding carboxylic acids is 2. The molecule has 0 spiro atoms. The largest absolute Gasteiger partial charge is 0.497 e. The third-order valence-electron chi connectivity index (χ3n) is 3.94. The maximum absolute atomic E-state index is 12.0. The first-order valence-electron chi connectivity index (χ1n) is 7.86. The van der Waals surface area contributed by atoms with Gasteiger partial charge in [-0.2, -0.15) is 0 Å². The minimum atomic E-state index is -0.0264. The van der Waals surface area contributed by atoms with E-state index in [1.54, 1.807) is 7.11 Å². The van der Waals surface area contributed by atoms with Crippen molar-refractivity contribution in [1.29, 1.82) is 0 Å². The van der Waals surface area contributed by atoms with E-state index in [9.17, 15) is 9.59 Å². The molecule has 6 nitrogen and oxygen atoms in total. The van der Waals surface area contributed by atoms with Crippen LogP contribution in [0.15, 0.2) is 30.3 Å². The molecule has 6 heteroatoms. The summed E-state index contributed by atoms with van der Waals surface area (Å²) in [5.74, 6) is 0.763. The van der Waals surface area contributed by atoms with Crippen molar-refractivity contribution in [3.63, 3.8) is 0 Å². The number of rotatable bonds is 6.